The third-order valence-corrected chi connectivity index (χ3v) is 7.62. The lowest BCUT2D eigenvalue weighted by Gasteiger charge is -2.34. The van der Waals surface area contributed by atoms with Crippen LogP contribution in [0, 0.1) is 11.7 Å². The summed E-state index contributed by atoms with van der Waals surface area (Å²) >= 11 is 5.93. The first-order valence-electron chi connectivity index (χ1n) is 12.9. The van der Waals surface area contributed by atoms with Gasteiger partial charge in [0.25, 0.3) is 0 Å². The van der Waals surface area contributed by atoms with E-state index in [1.165, 1.54) is 6.08 Å². The Kier molecular flexibility index (Phi) is 7.84. The van der Waals surface area contributed by atoms with Crippen molar-refractivity contribution in [2.75, 3.05) is 11.9 Å². The van der Waals surface area contributed by atoms with Crippen LogP contribution in [0.1, 0.15) is 49.9 Å². The van der Waals surface area contributed by atoms with Crippen LogP contribution in [0.4, 0.5) is 18.9 Å². The molecule has 0 saturated heterocycles. The van der Waals surface area contributed by atoms with Crippen molar-refractivity contribution in [2.24, 2.45) is 13.0 Å². The Bertz CT molecular complexity index is 1490. The fourth-order valence-electron chi connectivity index (χ4n) is 5.31. The maximum atomic E-state index is 15.0. The highest BCUT2D eigenvalue weighted by molar-refractivity contribution is 6.31. The van der Waals surface area contributed by atoms with Crippen LogP contribution in [0.25, 0.3) is 16.8 Å². The number of benzene rings is 1. The lowest BCUT2D eigenvalue weighted by molar-refractivity contribution is -0.129. The van der Waals surface area contributed by atoms with Gasteiger partial charge in [0.2, 0.25) is 11.8 Å². The van der Waals surface area contributed by atoms with E-state index in [-0.39, 0.29) is 46.7 Å². The average molecular weight is 574 g/mol. The number of aromatic nitrogens is 3. The van der Waals surface area contributed by atoms with E-state index in [4.69, 9.17) is 11.6 Å². The summed E-state index contributed by atoms with van der Waals surface area (Å²) in [7, 11) is 1.78. The first-order chi connectivity index (χ1) is 19.1. The van der Waals surface area contributed by atoms with Crippen molar-refractivity contribution in [3.05, 3.63) is 64.8 Å². The van der Waals surface area contributed by atoms with Crippen molar-refractivity contribution in [3.63, 3.8) is 0 Å². The van der Waals surface area contributed by atoms with Crippen LogP contribution in [-0.2, 0) is 16.6 Å². The van der Waals surface area contributed by atoms with Gasteiger partial charge in [0.15, 0.2) is 5.82 Å². The van der Waals surface area contributed by atoms with E-state index in [2.05, 4.69) is 20.1 Å². The fraction of sp³-hybridized carbons (Fsp3) is 0.357. The molecule has 0 fully saturated rings. The Morgan fingerprint density at radius 2 is 2.00 bits per heavy atom. The molecule has 3 aromatic rings. The second kappa shape index (κ2) is 11.3. The zero-order valence-electron chi connectivity index (χ0n) is 21.8. The van der Waals surface area contributed by atoms with Crippen LogP contribution in [-0.4, -0.2) is 44.6 Å². The average Bonchev–Trinajstić information content (AvgIpc) is 3.28. The number of ether oxygens (including phenoxy) is 1. The molecule has 4 heterocycles. The van der Waals surface area contributed by atoms with Crippen LogP contribution in [0.3, 0.4) is 0 Å². The molecule has 1 aromatic carbocycles. The summed E-state index contributed by atoms with van der Waals surface area (Å²) in [4.78, 5) is 32.6. The minimum atomic E-state index is -3.17. The van der Waals surface area contributed by atoms with E-state index < -0.39 is 24.4 Å². The van der Waals surface area contributed by atoms with E-state index in [0.29, 0.717) is 36.3 Å². The molecule has 12 heteroatoms. The van der Waals surface area contributed by atoms with Crippen LogP contribution >= 0.6 is 11.6 Å². The Balaban J connectivity index is 1.52. The SMILES string of the molecule is C[C@@H]1CCC[C@H](N2CCC(c3c(OC(F)F)ccc(Cl)c3F)=CC2=O)c2cc(ccn2)-c2c(cnn2C)NC1=O. The van der Waals surface area contributed by atoms with E-state index in [0.717, 1.165) is 17.7 Å². The molecule has 2 atom stereocenters. The summed E-state index contributed by atoms with van der Waals surface area (Å²) in [6, 6.07) is 5.55. The van der Waals surface area contributed by atoms with Crippen molar-refractivity contribution in [3.8, 4) is 17.0 Å². The van der Waals surface area contributed by atoms with Gasteiger partial charge in [-0.15, -0.1) is 0 Å². The van der Waals surface area contributed by atoms with E-state index in [1.54, 1.807) is 29.0 Å². The first-order valence-corrected chi connectivity index (χ1v) is 13.3. The third kappa shape index (κ3) is 5.42. The van der Waals surface area contributed by atoms with Gasteiger partial charge < -0.3 is 15.0 Å². The quantitative estimate of drug-likeness (QED) is 0.414. The van der Waals surface area contributed by atoms with Crippen LogP contribution in [0.15, 0.2) is 42.7 Å². The smallest absolute Gasteiger partial charge is 0.387 e. The molecular formula is C28H27ClF3N5O3. The number of pyridine rings is 1. The first kappa shape index (κ1) is 27.7. The lowest BCUT2D eigenvalue weighted by Crippen LogP contribution is -2.38. The van der Waals surface area contributed by atoms with Gasteiger partial charge in [-0.2, -0.15) is 13.9 Å². The third-order valence-electron chi connectivity index (χ3n) is 7.33. The number of anilines is 1. The van der Waals surface area contributed by atoms with Gasteiger partial charge in [0, 0.05) is 37.3 Å². The molecule has 2 aliphatic rings. The van der Waals surface area contributed by atoms with Crippen molar-refractivity contribution in [1.82, 2.24) is 19.7 Å². The number of hydrogen-bond donors (Lipinski definition) is 1. The topological polar surface area (TPSA) is 89.3 Å². The number of rotatable bonds is 4. The van der Waals surface area contributed by atoms with Gasteiger partial charge in [0.1, 0.15) is 5.75 Å². The van der Waals surface area contributed by atoms with E-state index in [9.17, 15) is 22.8 Å². The number of nitrogens with zero attached hydrogens (tertiary/aromatic N) is 4. The normalized spacial score (nSPS) is 19.9. The molecule has 0 radical (unpaired) electrons. The summed E-state index contributed by atoms with van der Waals surface area (Å²) in [6.45, 7) is -1.13. The molecule has 2 aromatic heterocycles. The molecule has 2 bridgehead atoms. The largest absolute Gasteiger partial charge is 0.434 e. The highest BCUT2D eigenvalue weighted by Crippen LogP contribution is 2.39. The van der Waals surface area contributed by atoms with Crippen molar-refractivity contribution < 1.29 is 27.5 Å². The summed E-state index contributed by atoms with van der Waals surface area (Å²) < 4.78 is 47.2. The lowest BCUT2D eigenvalue weighted by atomic mass is 9.93. The number of carbonyl (C=O) groups is 2. The molecule has 8 nitrogen and oxygen atoms in total. The van der Waals surface area contributed by atoms with Crippen molar-refractivity contribution in [2.45, 2.75) is 45.3 Å². The van der Waals surface area contributed by atoms with E-state index in [1.807, 2.05) is 19.1 Å². The molecule has 2 aliphatic heterocycles. The second-order valence-corrected chi connectivity index (χ2v) is 10.3. The Labute approximate surface area is 233 Å². The number of amides is 2. The van der Waals surface area contributed by atoms with Crippen molar-refractivity contribution in [1.29, 1.82) is 0 Å². The number of halogens is 4. The van der Waals surface area contributed by atoms with Crippen LogP contribution in [0.2, 0.25) is 5.02 Å². The van der Waals surface area contributed by atoms with Gasteiger partial charge in [-0.05, 0) is 49.1 Å². The maximum Gasteiger partial charge on any atom is 0.387 e. The number of aryl methyl sites for hydroxylation is 1. The standard InChI is InChI=1S/C28H27ClF3N5O3/c1-15-4-3-5-21(19-12-17(8-10-33-19)26-20(35-27(15)39)14-34-36(26)2)37-11-9-16(13-23(37)38)24-22(40-28(31)32)7-6-18(29)25(24)30/h6-8,10,12-15,21,28H,3-5,9,11H2,1-2H3,(H,35,39)/t15-,21+/m1/s1. The molecule has 0 unspecified atom stereocenters. The molecule has 1 N–H and O–H groups in total. The summed E-state index contributed by atoms with van der Waals surface area (Å²) in [5.41, 5.74) is 2.69. The number of hydrogen-bond acceptors (Lipinski definition) is 5. The summed E-state index contributed by atoms with van der Waals surface area (Å²) in [6.07, 6.45) is 6.44. The van der Waals surface area contributed by atoms with Gasteiger partial charge in [0.05, 0.1) is 39.9 Å². The summed E-state index contributed by atoms with van der Waals surface area (Å²) in [5, 5.41) is 7.02. The predicted octanol–water partition coefficient (Wildman–Crippen LogP) is 5.99. The van der Waals surface area contributed by atoms with Crippen LogP contribution in [0.5, 0.6) is 5.75 Å². The van der Waals surface area contributed by atoms with Gasteiger partial charge >= 0.3 is 6.61 Å². The Hall–Kier alpha value is -3.86. The van der Waals surface area contributed by atoms with E-state index >= 15 is 0 Å². The zero-order valence-corrected chi connectivity index (χ0v) is 22.6. The Morgan fingerprint density at radius 1 is 1.20 bits per heavy atom. The highest BCUT2D eigenvalue weighted by atomic mass is 35.5. The predicted molar refractivity (Wildman–Crippen MR) is 143 cm³/mol. The van der Waals surface area contributed by atoms with Crippen LogP contribution < -0.4 is 10.1 Å². The molecule has 5 rings (SSSR count). The number of nitrogens with one attached hydrogen (secondary N) is 1. The van der Waals surface area contributed by atoms with Gasteiger partial charge in [-0.3, -0.25) is 19.3 Å². The molecule has 0 spiro atoms. The van der Waals surface area contributed by atoms with Crippen molar-refractivity contribution >= 4 is 34.7 Å². The van der Waals surface area contributed by atoms with Gasteiger partial charge in [-0.25, -0.2) is 4.39 Å². The molecule has 0 aliphatic carbocycles. The minimum absolute atomic E-state index is 0.118. The summed E-state index contributed by atoms with van der Waals surface area (Å²) in [5.74, 6) is -2.12. The molecule has 40 heavy (non-hydrogen) atoms. The minimum Gasteiger partial charge on any atom is -0.434 e. The van der Waals surface area contributed by atoms with Gasteiger partial charge in [-0.1, -0.05) is 24.9 Å². The maximum absolute atomic E-state index is 15.0. The molecule has 2 amide bonds. The molecule has 210 valence electrons. The highest BCUT2D eigenvalue weighted by Gasteiger charge is 2.32. The Morgan fingerprint density at radius 3 is 2.75 bits per heavy atom. The fourth-order valence-corrected chi connectivity index (χ4v) is 5.46. The second-order valence-electron chi connectivity index (χ2n) is 9.90. The number of carbonyl (C=O) groups excluding carboxylic acids is 2. The molecular weight excluding hydrogens is 547 g/mol. The molecule has 0 saturated carbocycles. The zero-order chi connectivity index (χ0) is 28.6. The number of fused-ring (bicyclic) bond motifs is 4. The monoisotopic (exact) mass is 573 g/mol. The number of alkyl halides is 2.